The highest BCUT2D eigenvalue weighted by molar-refractivity contribution is 9.10. The summed E-state index contributed by atoms with van der Waals surface area (Å²) in [4.78, 5) is 0. The van der Waals surface area contributed by atoms with Crippen LogP contribution in [0, 0.1) is 19.7 Å². The molecule has 0 saturated heterocycles. The highest BCUT2D eigenvalue weighted by atomic mass is 79.9. The summed E-state index contributed by atoms with van der Waals surface area (Å²) in [5.74, 6) is -0.255. The maximum Gasteiger partial charge on any atom is 0.138 e. The van der Waals surface area contributed by atoms with Crippen LogP contribution in [0.2, 0.25) is 0 Å². The Hall–Kier alpha value is -0.570. The maximum absolute atomic E-state index is 12.9. The Kier molecular flexibility index (Phi) is 4.99. The minimum Gasteiger partial charge on any atom is -0.398 e. The quantitative estimate of drug-likeness (QED) is 0.694. The van der Waals surface area contributed by atoms with E-state index >= 15 is 0 Å². The minimum absolute atomic E-state index is 0.255. The number of nitrogen functional groups attached to an aromatic ring is 1. The molecule has 0 bridgehead atoms. The van der Waals surface area contributed by atoms with E-state index in [0.29, 0.717) is 10.2 Å². The fraction of sp³-hybridized carbons (Fsp3) is 0.400. The molecule has 3 heteroatoms. The van der Waals surface area contributed by atoms with Crippen LogP contribution >= 0.6 is 15.9 Å². The van der Waals surface area contributed by atoms with E-state index in [0.717, 1.165) is 11.1 Å². The molecule has 0 amide bonds. The number of halogens is 2. The minimum atomic E-state index is -0.255. The summed E-state index contributed by atoms with van der Waals surface area (Å²) in [6, 6.07) is 1.42. The van der Waals surface area contributed by atoms with Gasteiger partial charge in [0, 0.05) is 5.69 Å². The second-order valence-electron chi connectivity index (χ2n) is 2.53. The van der Waals surface area contributed by atoms with Crippen molar-refractivity contribution in [3.8, 4) is 0 Å². The van der Waals surface area contributed by atoms with E-state index in [2.05, 4.69) is 15.9 Å². The molecule has 0 spiro atoms. The van der Waals surface area contributed by atoms with Crippen LogP contribution in [0.25, 0.3) is 0 Å². The average molecular weight is 248 g/mol. The number of aryl methyl sites for hydroxylation is 1. The number of anilines is 1. The first kappa shape index (κ1) is 12.4. The van der Waals surface area contributed by atoms with Gasteiger partial charge in [-0.25, -0.2) is 4.39 Å². The van der Waals surface area contributed by atoms with Gasteiger partial charge in [0.1, 0.15) is 5.82 Å². The number of benzene rings is 1. The zero-order valence-electron chi connectivity index (χ0n) is 8.41. The summed E-state index contributed by atoms with van der Waals surface area (Å²) in [6.45, 7) is 7.58. The van der Waals surface area contributed by atoms with Gasteiger partial charge in [-0.3, -0.25) is 0 Å². The van der Waals surface area contributed by atoms with E-state index in [1.165, 1.54) is 6.07 Å². The fourth-order valence-electron chi connectivity index (χ4n) is 0.924. The third kappa shape index (κ3) is 2.69. The van der Waals surface area contributed by atoms with Crippen LogP contribution in [-0.4, -0.2) is 0 Å². The molecule has 0 aromatic heterocycles. The van der Waals surface area contributed by atoms with Gasteiger partial charge in [0.05, 0.1) is 4.47 Å². The van der Waals surface area contributed by atoms with Crippen LogP contribution in [0.15, 0.2) is 10.5 Å². The monoisotopic (exact) mass is 247 g/mol. The topological polar surface area (TPSA) is 26.0 Å². The van der Waals surface area contributed by atoms with Crippen LogP contribution in [0.1, 0.15) is 25.0 Å². The Morgan fingerprint density at radius 1 is 1.31 bits per heavy atom. The van der Waals surface area contributed by atoms with Gasteiger partial charge in [-0.15, -0.1) is 0 Å². The second kappa shape index (κ2) is 5.22. The van der Waals surface area contributed by atoms with Crippen molar-refractivity contribution < 1.29 is 4.39 Å². The van der Waals surface area contributed by atoms with Gasteiger partial charge in [0.25, 0.3) is 0 Å². The number of nitrogens with two attached hydrogens (primary N) is 1. The van der Waals surface area contributed by atoms with Crippen LogP contribution < -0.4 is 5.73 Å². The smallest absolute Gasteiger partial charge is 0.138 e. The molecule has 74 valence electrons. The molecule has 1 rings (SSSR count). The number of rotatable bonds is 0. The van der Waals surface area contributed by atoms with Crippen LogP contribution in [-0.2, 0) is 0 Å². The molecule has 0 aliphatic rings. The SMILES string of the molecule is CC.Cc1cc(F)c(Br)c(C)c1N. The lowest BCUT2D eigenvalue weighted by Crippen LogP contribution is -1.96. The lowest BCUT2D eigenvalue weighted by Gasteiger charge is -2.06. The Labute approximate surface area is 87.3 Å². The molecular weight excluding hydrogens is 233 g/mol. The van der Waals surface area contributed by atoms with Gasteiger partial charge in [-0.2, -0.15) is 0 Å². The fourth-order valence-corrected chi connectivity index (χ4v) is 1.25. The molecule has 13 heavy (non-hydrogen) atoms. The first-order valence-corrected chi connectivity index (χ1v) is 5.04. The van der Waals surface area contributed by atoms with E-state index in [-0.39, 0.29) is 5.82 Å². The normalized spacial score (nSPS) is 9.08. The summed E-state index contributed by atoms with van der Waals surface area (Å²) in [5, 5.41) is 0. The van der Waals surface area contributed by atoms with Crippen molar-refractivity contribution in [2.24, 2.45) is 0 Å². The Morgan fingerprint density at radius 2 is 1.77 bits per heavy atom. The van der Waals surface area contributed by atoms with E-state index in [1.807, 2.05) is 13.8 Å². The lowest BCUT2D eigenvalue weighted by molar-refractivity contribution is 0.618. The molecule has 0 aliphatic carbocycles. The Bertz CT molecular complexity index is 271. The summed E-state index contributed by atoms with van der Waals surface area (Å²) in [6.07, 6.45) is 0. The van der Waals surface area contributed by atoms with Crippen LogP contribution in [0.5, 0.6) is 0 Å². The average Bonchev–Trinajstić information content (AvgIpc) is 2.15. The molecule has 0 aliphatic heterocycles. The Balaban J connectivity index is 0.000000671. The number of hydrogen-bond donors (Lipinski definition) is 1. The second-order valence-corrected chi connectivity index (χ2v) is 3.32. The zero-order valence-corrected chi connectivity index (χ0v) is 10.00. The molecule has 1 aromatic rings. The summed E-state index contributed by atoms with van der Waals surface area (Å²) >= 11 is 3.11. The van der Waals surface area contributed by atoms with Gasteiger partial charge in [0.2, 0.25) is 0 Å². The molecule has 0 atom stereocenters. The van der Waals surface area contributed by atoms with Gasteiger partial charge >= 0.3 is 0 Å². The molecule has 0 unspecified atom stereocenters. The molecule has 1 aromatic carbocycles. The van der Waals surface area contributed by atoms with E-state index in [4.69, 9.17) is 5.73 Å². The standard InChI is InChI=1S/C8H9BrFN.C2H6/c1-4-3-6(10)7(9)5(2)8(4)11;1-2/h3H,11H2,1-2H3;1-2H3. The van der Waals surface area contributed by atoms with E-state index in [1.54, 1.807) is 13.8 Å². The van der Waals surface area contributed by atoms with E-state index in [9.17, 15) is 4.39 Å². The van der Waals surface area contributed by atoms with Crippen molar-refractivity contribution in [1.82, 2.24) is 0 Å². The predicted octanol–water partition coefficient (Wildman–Crippen LogP) is 3.81. The molecule has 1 nitrogen and oxygen atoms in total. The largest absolute Gasteiger partial charge is 0.398 e. The van der Waals surface area contributed by atoms with Crippen LogP contribution in [0.4, 0.5) is 10.1 Å². The molecule has 0 radical (unpaired) electrons. The Morgan fingerprint density at radius 3 is 2.23 bits per heavy atom. The molecule has 2 N–H and O–H groups in total. The number of hydrogen-bond acceptors (Lipinski definition) is 1. The van der Waals surface area contributed by atoms with Crippen LogP contribution in [0.3, 0.4) is 0 Å². The predicted molar refractivity (Wildman–Crippen MR) is 59.3 cm³/mol. The lowest BCUT2D eigenvalue weighted by atomic mass is 10.1. The summed E-state index contributed by atoms with van der Waals surface area (Å²) in [7, 11) is 0. The first-order chi connectivity index (χ1) is 6.04. The molecule has 0 heterocycles. The molecule has 0 fully saturated rings. The summed E-state index contributed by atoms with van der Waals surface area (Å²) in [5.41, 5.74) is 7.85. The van der Waals surface area contributed by atoms with E-state index < -0.39 is 0 Å². The third-order valence-electron chi connectivity index (χ3n) is 1.71. The third-order valence-corrected chi connectivity index (χ3v) is 2.68. The molecule has 0 saturated carbocycles. The van der Waals surface area contributed by atoms with Crippen molar-refractivity contribution in [1.29, 1.82) is 0 Å². The van der Waals surface area contributed by atoms with Gasteiger partial charge in [-0.05, 0) is 47.0 Å². The zero-order chi connectivity index (χ0) is 10.6. The van der Waals surface area contributed by atoms with Crippen molar-refractivity contribution in [2.75, 3.05) is 5.73 Å². The van der Waals surface area contributed by atoms with Crippen molar-refractivity contribution in [3.63, 3.8) is 0 Å². The van der Waals surface area contributed by atoms with Gasteiger partial charge < -0.3 is 5.73 Å². The highest BCUT2D eigenvalue weighted by Gasteiger charge is 2.07. The van der Waals surface area contributed by atoms with Crippen molar-refractivity contribution in [3.05, 3.63) is 27.5 Å². The maximum atomic E-state index is 12.9. The van der Waals surface area contributed by atoms with Crippen molar-refractivity contribution >= 4 is 21.6 Å². The van der Waals surface area contributed by atoms with Crippen molar-refractivity contribution in [2.45, 2.75) is 27.7 Å². The molecular formula is C10H15BrFN. The van der Waals surface area contributed by atoms with Gasteiger partial charge in [0.15, 0.2) is 0 Å². The first-order valence-electron chi connectivity index (χ1n) is 4.24. The van der Waals surface area contributed by atoms with Gasteiger partial charge in [-0.1, -0.05) is 13.8 Å². The highest BCUT2D eigenvalue weighted by Crippen LogP contribution is 2.27. The summed E-state index contributed by atoms with van der Waals surface area (Å²) < 4.78 is 13.4.